The molecule has 4 nitrogen and oxygen atoms in total. The molecule has 1 fully saturated rings. The highest BCUT2D eigenvalue weighted by atomic mass is 35.5. The van der Waals surface area contributed by atoms with Crippen molar-refractivity contribution in [1.29, 1.82) is 0 Å². The molecule has 1 aliphatic rings. The van der Waals surface area contributed by atoms with Crippen LogP contribution in [0.1, 0.15) is 23.2 Å². The van der Waals surface area contributed by atoms with E-state index in [0.29, 0.717) is 10.7 Å². The summed E-state index contributed by atoms with van der Waals surface area (Å²) in [7, 11) is 2.08. The molecule has 21 heavy (non-hydrogen) atoms. The Kier molecular flexibility index (Phi) is 4.08. The van der Waals surface area contributed by atoms with E-state index in [0.717, 1.165) is 36.7 Å². The number of hydrogen-bond donors (Lipinski definition) is 1. The maximum Gasteiger partial charge on any atom is 0.253 e. The van der Waals surface area contributed by atoms with Crippen molar-refractivity contribution in [2.75, 3.05) is 20.1 Å². The van der Waals surface area contributed by atoms with Gasteiger partial charge >= 0.3 is 0 Å². The van der Waals surface area contributed by atoms with E-state index in [1.165, 1.54) is 0 Å². The molecule has 1 amide bonds. The Hall–Kier alpha value is -1.65. The van der Waals surface area contributed by atoms with Gasteiger partial charge in [0, 0.05) is 24.2 Å². The van der Waals surface area contributed by atoms with Crippen molar-refractivity contribution >= 4 is 28.3 Å². The number of aromatic nitrogens is 1. The standard InChI is InChI=1S/C16H18ClN3O/c1-20-8-4-5-11(10-20)19-16(21)14-9-18-15(17)13-7-3-2-6-12(13)14/h2-3,6-7,9,11H,4-5,8,10H2,1H3,(H,19,21). The van der Waals surface area contributed by atoms with Gasteiger partial charge in [-0.1, -0.05) is 35.9 Å². The fraction of sp³-hybridized carbons (Fsp3) is 0.375. The van der Waals surface area contributed by atoms with Crippen molar-refractivity contribution in [3.8, 4) is 0 Å². The van der Waals surface area contributed by atoms with E-state index in [1.807, 2.05) is 24.3 Å². The lowest BCUT2D eigenvalue weighted by Gasteiger charge is -2.30. The fourth-order valence-electron chi connectivity index (χ4n) is 2.89. The second kappa shape index (κ2) is 6.00. The van der Waals surface area contributed by atoms with E-state index in [4.69, 9.17) is 11.6 Å². The lowest BCUT2D eigenvalue weighted by atomic mass is 10.0. The fourth-order valence-corrected chi connectivity index (χ4v) is 3.10. The molecule has 0 bridgehead atoms. The third kappa shape index (κ3) is 3.01. The number of fused-ring (bicyclic) bond motifs is 1. The molecule has 0 saturated carbocycles. The zero-order valence-electron chi connectivity index (χ0n) is 12.0. The Bertz CT molecular complexity index is 674. The number of rotatable bonds is 2. The molecule has 1 saturated heterocycles. The summed E-state index contributed by atoms with van der Waals surface area (Å²) in [6.45, 7) is 1.99. The molecule has 0 aliphatic carbocycles. The smallest absolute Gasteiger partial charge is 0.253 e. The molecule has 0 radical (unpaired) electrons. The number of benzene rings is 1. The van der Waals surface area contributed by atoms with Crippen LogP contribution in [0.3, 0.4) is 0 Å². The molecule has 1 atom stereocenters. The Morgan fingerprint density at radius 3 is 2.90 bits per heavy atom. The van der Waals surface area contributed by atoms with Crippen LogP contribution < -0.4 is 5.32 Å². The lowest BCUT2D eigenvalue weighted by Crippen LogP contribution is -2.46. The van der Waals surface area contributed by atoms with E-state index >= 15 is 0 Å². The number of amides is 1. The predicted octanol–water partition coefficient (Wildman–Crippen LogP) is 2.71. The number of likely N-dealkylation sites (tertiary alicyclic amines) is 1. The Balaban J connectivity index is 1.86. The molecule has 1 unspecified atom stereocenters. The van der Waals surface area contributed by atoms with Crippen LogP contribution >= 0.6 is 11.6 Å². The monoisotopic (exact) mass is 303 g/mol. The Morgan fingerprint density at radius 1 is 1.38 bits per heavy atom. The lowest BCUT2D eigenvalue weighted by molar-refractivity contribution is 0.0914. The highest BCUT2D eigenvalue weighted by molar-refractivity contribution is 6.34. The third-order valence-corrected chi connectivity index (χ3v) is 4.25. The molecule has 1 aromatic carbocycles. The quantitative estimate of drug-likeness (QED) is 0.868. The summed E-state index contributed by atoms with van der Waals surface area (Å²) in [5.41, 5.74) is 0.586. The summed E-state index contributed by atoms with van der Waals surface area (Å²) >= 11 is 6.10. The van der Waals surface area contributed by atoms with Gasteiger partial charge in [-0.3, -0.25) is 4.79 Å². The minimum absolute atomic E-state index is 0.0735. The van der Waals surface area contributed by atoms with Crippen LogP contribution in [0.15, 0.2) is 30.5 Å². The largest absolute Gasteiger partial charge is 0.348 e. The number of pyridine rings is 1. The van der Waals surface area contributed by atoms with Gasteiger partial charge in [0.25, 0.3) is 5.91 Å². The summed E-state index contributed by atoms with van der Waals surface area (Å²) in [6.07, 6.45) is 3.70. The molecule has 1 aromatic heterocycles. The number of nitrogens with zero attached hydrogens (tertiary/aromatic N) is 2. The molecule has 0 spiro atoms. The van der Waals surface area contributed by atoms with Crippen molar-refractivity contribution in [2.24, 2.45) is 0 Å². The van der Waals surface area contributed by atoms with E-state index in [1.54, 1.807) is 6.20 Å². The zero-order chi connectivity index (χ0) is 14.8. The average Bonchev–Trinajstić information content (AvgIpc) is 2.48. The minimum atomic E-state index is -0.0735. The van der Waals surface area contributed by atoms with Gasteiger partial charge < -0.3 is 10.2 Å². The summed E-state index contributed by atoms with van der Waals surface area (Å²) in [4.78, 5) is 18.9. The van der Waals surface area contributed by atoms with Gasteiger partial charge in [0.2, 0.25) is 0 Å². The molecule has 110 valence electrons. The van der Waals surface area contributed by atoms with Crippen LogP contribution in [0.5, 0.6) is 0 Å². The van der Waals surface area contributed by atoms with E-state index in [2.05, 4.69) is 22.2 Å². The van der Waals surface area contributed by atoms with Gasteiger partial charge in [-0.25, -0.2) is 4.98 Å². The van der Waals surface area contributed by atoms with Crippen molar-refractivity contribution in [3.05, 3.63) is 41.2 Å². The zero-order valence-corrected chi connectivity index (χ0v) is 12.7. The second-order valence-corrected chi connectivity index (χ2v) is 5.94. The van der Waals surface area contributed by atoms with Gasteiger partial charge in [0.1, 0.15) is 5.15 Å². The van der Waals surface area contributed by atoms with Gasteiger partial charge in [-0.15, -0.1) is 0 Å². The van der Waals surface area contributed by atoms with E-state index in [9.17, 15) is 4.79 Å². The topological polar surface area (TPSA) is 45.2 Å². The highest BCUT2D eigenvalue weighted by Crippen LogP contribution is 2.24. The molecule has 2 heterocycles. The molecule has 5 heteroatoms. The van der Waals surface area contributed by atoms with Crippen molar-refractivity contribution < 1.29 is 4.79 Å². The van der Waals surface area contributed by atoms with Gasteiger partial charge in [-0.05, 0) is 31.8 Å². The van der Waals surface area contributed by atoms with E-state index in [-0.39, 0.29) is 11.9 Å². The predicted molar refractivity (Wildman–Crippen MR) is 84.7 cm³/mol. The summed E-state index contributed by atoms with van der Waals surface area (Å²) in [6, 6.07) is 7.80. The van der Waals surface area contributed by atoms with Crippen LogP contribution in [0, 0.1) is 0 Å². The second-order valence-electron chi connectivity index (χ2n) is 5.58. The first kappa shape index (κ1) is 14.3. The van der Waals surface area contributed by atoms with Crippen LogP contribution in [-0.2, 0) is 0 Å². The van der Waals surface area contributed by atoms with Crippen molar-refractivity contribution in [1.82, 2.24) is 15.2 Å². The van der Waals surface area contributed by atoms with Crippen LogP contribution in [0.25, 0.3) is 10.8 Å². The summed E-state index contributed by atoms with van der Waals surface area (Å²) in [5.74, 6) is -0.0735. The summed E-state index contributed by atoms with van der Waals surface area (Å²) < 4.78 is 0. The normalized spacial score (nSPS) is 19.6. The molecular weight excluding hydrogens is 286 g/mol. The van der Waals surface area contributed by atoms with Gasteiger partial charge in [-0.2, -0.15) is 0 Å². The number of piperidine rings is 1. The molecular formula is C16H18ClN3O. The maximum absolute atomic E-state index is 12.5. The Labute approximate surface area is 129 Å². The number of hydrogen-bond acceptors (Lipinski definition) is 3. The molecule has 1 N–H and O–H groups in total. The van der Waals surface area contributed by atoms with Crippen LogP contribution in [0.2, 0.25) is 5.15 Å². The first-order valence-electron chi connectivity index (χ1n) is 7.18. The number of likely N-dealkylation sites (N-methyl/N-ethyl adjacent to an activating group) is 1. The van der Waals surface area contributed by atoms with Gasteiger partial charge in [0.05, 0.1) is 5.56 Å². The average molecular weight is 304 g/mol. The van der Waals surface area contributed by atoms with Crippen molar-refractivity contribution in [2.45, 2.75) is 18.9 Å². The minimum Gasteiger partial charge on any atom is -0.348 e. The first-order valence-corrected chi connectivity index (χ1v) is 7.55. The molecule has 2 aromatic rings. The third-order valence-electron chi connectivity index (χ3n) is 3.95. The number of nitrogens with one attached hydrogen (secondary N) is 1. The Morgan fingerprint density at radius 2 is 2.14 bits per heavy atom. The SMILES string of the molecule is CN1CCCC(NC(=O)c2cnc(Cl)c3ccccc23)C1. The molecule has 3 rings (SSSR count). The van der Waals surface area contributed by atoms with Crippen molar-refractivity contribution in [3.63, 3.8) is 0 Å². The van der Waals surface area contributed by atoms with Gasteiger partial charge in [0.15, 0.2) is 0 Å². The number of halogens is 1. The highest BCUT2D eigenvalue weighted by Gasteiger charge is 2.21. The van der Waals surface area contributed by atoms with E-state index < -0.39 is 0 Å². The summed E-state index contributed by atoms with van der Waals surface area (Å²) in [5, 5.41) is 5.20. The number of carbonyl (C=O) groups is 1. The number of carbonyl (C=O) groups excluding carboxylic acids is 1. The first-order chi connectivity index (χ1) is 10.1. The molecule has 1 aliphatic heterocycles. The van der Waals surface area contributed by atoms with Crippen LogP contribution in [0.4, 0.5) is 0 Å². The van der Waals surface area contributed by atoms with Crippen LogP contribution in [-0.4, -0.2) is 42.0 Å². The maximum atomic E-state index is 12.5.